The third-order valence-corrected chi connectivity index (χ3v) is 3.44. The van der Waals surface area contributed by atoms with Crippen molar-refractivity contribution in [3.05, 3.63) is 38.4 Å². The van der Waals surface area contributed by atoms with Crippen LogP contribution in [-0.4, -0.2) is 67.6 Å². The van der Waals surface area contributed by atoms with Gasteiger partial charge in [0.25, 0.3) is 5.69 Å². The van der Waals surface area contributed by atoms with Crippen molar-refractivity contribution >= 4 is 11.4 Å². The molecular weight excluding hydrogens is 332 g/mol. The van der Waals surface area contributed by atoms with Crippen molar-refractivity contribution in [2.45, 2.75) is 30.7 Å². The lowest BCUT2D eigenvalue weighted by atomic mass is 9.99. The van der Waals surface area contributed by atoms with Crippen LogP contribution in [0.1, 0.15) is 0 Å². The number of nitro benzene ring substituents is 2. The molecule has 1 aromatic rings. The molecule has 0 radical (unpaired) electrons. The Hall–Kier alpha value is -2.38. The lowest BCUT2D eigenvalue weighted by Gasteiger charge is -2.39. The summed E-state index contributed by atoms with van der Waals surface area (Å²) in [5, 5.41) is 59.9. The summed E-state index contributed by atoms with van der Waals surface area (Å²) in [7, 11) is 0. The number of nitrogens with zero attached hydrogens (tertiary/aromatic N) is 2. The van der Waals surface area contributed by atoms with Crippen LogP contribution in [0.5, 0.6) is 5.75 Å². The number of benzene rings is 1. The maximum atomic E-state index is 11.0. The first kappa shape index (κ1) is 18.0. The van der Waals surface area contributed by atoms with Crippen molar-refractivity contribution in [3.63, 3.8) is 0 Å². The Labute approximate surface area is 133 Å². The summed E-state index contributed by atoms with van der Waals surface area (Å²) in [5.41, 5.74) is -1.29. The quantitative estimate of drug-likeness (QED) is 0.368. The van der Waals surface area contributed by atoms with Crippen molar-refractivity contribution in [3.8, 4) is 5.75 Å². The fourth-order valence-corrected chi connectivity index (χ4v) is 2.15. The zero-order valence-corrected chi connectivity index (χ0v) is 12.0. The summed E-state index contributed by atoms with van der Waals surface area (Å²) in [6.45, 7) is -0.701. The predicted molar refractivity (Wildman–Crippen MR) is 74.1 cm³/mol. The van der Waals surface area contributed by atoms with E-state index in [1.807, 2.05) is 0 Å². The summed E-state index contributed by atoms with van der Waals surface area (Å²) in [6.07, 6.45) is -8.00. The van der Waals surface area contributed by atoms with Gasteiger partial charge in [0.1, 0.15) is 24.4 Å². The maximum Gasteiger partial charge on any atom is 0.317 e. The number of aliphatic hydroxyl groups excluding tert-OH is 4. The molecule has 1 aliphatic rings. The molecule has 0 amide bonds. The Kier molecular flexibility index (Phi) is 5.26. The number of ether oxygens (including phenoxy) is 2. The van der Waals surface area contributed by atoms with Crippen LogP contribution in [0.25, 0.3) is 0 Å². The second-order valence-electron chi connectivity index (χ2n) is 4.98. The molecule has 0 aliphatic carbocycles. The SMILES string of the molecule is O=[N+]([O-])c1ccc(OC2O[C@H](CO)[C@@H](O)[C@H](O)[C@H]2O)c([N+](=O)[O-])c1. The van der Waals surface area contributed by atoms with Crippen LogP contribution in [0.2, 0.25) is 0 Å². The minimum atomic E-state index is -1.77. The fraction of sp³-hybridized carbons (Fsp3) is 0.500. The van der Waals surface area contributed by atoms with Gasteiger partial charge in [-0.15, -0.1) is 0 Å². The molecule has 2 rings (SSSR count). The highest BCUT2D eigenvalue weighted by atomic mass is 16.7. The van der Waals surface area contributed by atoms with Gasteiger partial charge in [0.05, 0.1) is 22.5 Å². The van der Waals surface area contributed by atoms with E-state index in [4.69, 9.17) is 14.6 Å². The van der Waals surface area contributed by atoms with Crippen LogP contribution in [0, 0.1) is 20.2 Å². The molecule has 1 aliphatic heterocycles. The van der Waals surface area contributed by atoms with Crippen LogP contribution in [0.4, 0.5) is 11.4 Å². The van der Waals surface area contributed by atoms with E-state index in [0.29, 0.717) is 6.07 Å². The average molecular weight is 346 g/mol. The zero-order chi connectivity index (χ0) is 18.0. The molecule has 1 heterocycles. The Morgan fingerprint density at radius 2 is 1.75 bits per heavy atom. The number of hydrogen-bond acceptors (Lipinski definition) is 10. The standard InChI is InChI=1S/C12H14N2O10/c15-4-8-9(16)10(17)11(18)12(24-8)23-7-2-1-5(13(19)20)3-6(7)14(21)22/h1-3,8-12,15-18H,4H2/t8-,9-,10+,11-,12?/m1/s1. The molecule has 4 N–H and O–H groups in total. The van der Waals surface area contributed by atoms with Crippen LogP contribution < -0.4 is 4.74 Å². The molecule has 0 aromatic heterocycles. The fourth-order valence-electron chi connectivity index (χ4n) is 2.15. The van der Waals surface area contributed by atoms with E-state index in [-0.39, 0.29) is 0 Å². The minimum absolute atomic E-state index is 0.449. The van der Waals surface area contributed by atoms with Crippen molar-refractivity contribution in [2.24, 2.45) is 0 Å². The van der Waals surface area contributed by atoms with E-state index in [0.717, 1.165) is 12.1 Å². The third-order valence-electron chi connectivity index (χ3n) is 3.44. The van der Waals surface area contributed by atoms with Gasteiger partial charge in [-0.3, -0.25) is 20.2 Å². The molecule has 1 aromatic carbocycles. The van der Waals surface area contributed by atoms with E-state index >= 15 is 0 Å². The lowest BCUT2D eigenvalue weighted by Crippen LogP contribution is -2.60. The molecule has 0 saturated carbocycles. The third kappa shape index (κ3) is 3.42. The summed E-state index contributed by atoms with van der Waals surface area (Å²) in [4.78, 5) is 20.0. The lowest BCUT2D eigenvalue weighted by molar-refractivity contribution is -0.395. The smallest absolute Gasteiger partial charge is 0.317 e. The predicted octanol–water partition coefficient (Wildman–Crippen LogP) is -1.32. The number of non-ortho nitro benzene ring substituents is 1. The van der Waals surface area contributed by atoms with Crippen molar-refractivity contribution in [1.82, 2.24) is 0 Å². The number of nitro groups is 2. The van der Waals surface area contributed by atoms with Gasteiger partial charge in [-0.05, 0) is 6.07 Å². The van der Waals surface area contributed by atoms with Gasteiger partial charge in [0.2, 0.25) is 12.0 Å². The Morgan fingerprint density at radius 3 is 2.29 bits per heavy atom. The molecular formula is C12H14N2O10. The van der Waals surface area contributed by atoms with E-state index in [1.165, 1.54) is 0 Å². The highest BCUT2D eigenvalue weighted by Crippen LogP contribution is 2.33. The van der Waals surface area contributed by atoms with Crippen LogP contribution in [0.15, 0.2) is 18.2 Å². The van der Waals surface area contributed by atoms with Crippen LogP contribution >= 0.6 is 0 Å². The number of aliphatic hydroxyl groups is 4. The summed E-state index contributed by atoms with van der Waals surface area (Å²) in [6, 6.07) is 2.56. The normalized spacial score (nSPS) is 29.9. The molecule has 0 spiro atoms. The molecule has 1 fully saturated rings. The molecule has 12 heteroatoms. The molecule has 0 bridgehead atoms. The molecule has 5 atom stereocenters. The second kappa shape index (κ2) is 7.02. The second-order valence-corrected chi connectivity index (χ2v) is 4.98. The first-order chi connectivity index (χ1) is 11.3. The summed E-state index contributed by atoms with van der Waals surface area (Å²) < 4.78 is 10.2. The van der Waals surface area contributed by atoms with Crippen molar-refractivity contribution < 1.29 is 39.7 Å². The van der Waals surface area contributed by atoms with E-state index in [1.54, 1.807) is 0 Å². The number of hydrogen-bond donors (Lipinski definition) is 4. The van der Waals surface area contributed by atoms with Crippen molar-refractivity contribution in [1.29, 1.82) is 0 Å². The minimum Gasteiger partial charge on any atom is -0.455 e. The highest BCUT2D eigenvalue weighted by molar-refractivity contribution is 5.53. The maximum absolute atomic E-state index is 11.0. The summed E-state index contributed by atoms with van der Waals surface area (Å²) in [5.74, 6) is -0.449. The highest BCUT2D eigenvalue weighted by Gasteiger charge is 2.45. The molecule has 24 heavy (non-hydrogen) atoms. The first-order valence-electron chi connectivity index (χ1n) is 6.66. The molecule has 132 valence electrons. The first-order valence-corrected chi connectivity index (χ1v) is 6.66. The zero-order valence-electron chi connectivity index (χ0n) is 12.0. The van der Waals surface area contributed by atoms with Gasteiger partial charge in [0.15, 0.2) is 0 Å². The van der Waals surface area contributed by atoms with Gasteiger partial charge in [-0.1, -0.05) is 0 Å². The monoisotopic (exact) mass is 346 g/mol. The van der Waals surface area contributed by atoms with Gasteiger partial charge in [0, 0.05) is 6.07 Å². The van der Waals surface area contributed by atoms with Crippen LogP contribution in [-0.2, 0) is 4.74 Å². The molecule has 1 unspecified atom stereocenters. The van der Waals surface area contributed by atoms with Gasteiger partial charge in [-0.25, -0.2) is 0 Å². The Bertz CT molecular complexity index is 636. The average Bonchev–Trinajstić information content (AvgIpc) is 2.55. The Morgan fingerprint density at radius 1 is 1.08 bits per heavy atom. The van der Waals surface area contributed by atoms with Gasteiger partial charge in [-0.2, -0.15) is 0 Å². The van der Waals surface area contributed by atoms with Crippen molar-refractivity contribution in [2.75, 3.05) is 6.61 Å². The van der Waals surface area contributed by atoms with E-state index in [9.17, 15) is 35.5 Å². The van der Waals surface area contributed by atoms with Gasteiger partial charge >= 0.3 is 5.69 Å². The van der Waals surface area contributed by atoms with E-state index in [2.05, 4.69) is 0 Å². The molecule has 12 nitrogen and oxygen atoms in total. The van der Waals surface area contributed by atoms with Gasteiger partial charge < -0.3 is 29.9 Å². The summed E-state index contributed by atoms with van der Waals surface area (Å²) >= 11 is 0. The van der Waals surface area contributed by atoms with E-state index < -0.39 is 64.3 Å². The largest absolute Gasteiger partial charge is 0.455 e. The molecule has 1 saturated heterocycles. The van der Waals surface area contributed by atoms with Crippen LogP contribution in [0.3, 0.4) is 0 Å². The number of rotatable bonds is 5. The Balaban J connectivity index is 2.29. The topological polar surface area (TPSA) is 186 Å².